The lowest BCUT2D eigenvalue weighted by molar-refractivity contribution is 0.483. The molecule has 1 aliphatic heterocycles. The van der Waals surface area contributed by atoms with Crippen LogP contribution in [0, 0.1) is 6.92 Å². The van der Waals surface area contributed by atoms with Crippen molar-refractivity contribution in [2.24, 2.45) is 0 Å². The second-order valence-electron chi connectivity index (χ2n) is 4.06. The van der Waals surface area contributed by atoms with Crippen LogP contribution in [-0.4, -0.2) is 27.9 Å². The molecule has 0 radical (unpaired) electrons. The van der Waals surface area contributed by atoms with Crippen LogP contribution < -0.4 is 4.90 Å². The Kier molecular flexibility index (Phi) is 3.57. The summed E-state index contributed by atoms with van der Waals surface area (Å²) in [6, 6.07) is 0.557. The molecule has 1 atom stereocenters. The summed E-state index contributed by atoms with van der Waals surface area (Å²) in [6.07, 6.45) is 7.59. The molecule has 2 rings (SSSR count). The van der Waals surface area contributed by atoms with Crippen LogP contribution in [0.25, 0.3) is 0 Å². The summed E-state index contributed by atoms with van der Waals surface area (Å²) in [5.41, 5.74) is 1.12. The van der Waals surface area contributed by atoms with Crippen LogP contribution in [0.1, 0.15) is 24.8 Å². The van der Waals surface area contributed by atoms with Crippen molar-refractivity contribution in [2.75, 3.05) is 16.8 Å². The molecule has 4 heteroatoms. The molecule has 0 aliphatic carbocycles. The average Bonchev–Trinajstić information content (AvgIpc) is 2.30. The van der Waals surface area contributed by atoms with Crippen LogP contribution in [0.5, 0.6) is 0 Å². The van der Waals surface area contributed by atoms with E-state index >= 15 is 0 Å². The summed E-state index contributed by atoms with van der Waals surface area (Å²) < 4.78 is 0. The highest BCUT2D eigenvalue weighted by Gasteiger charge is 2.23. The van der Waals surface area contributed by atoms with Crippen LogP contribution in [0.3, 0.4) is 0 Å². The van der Waals surface area contributed by atoms with Crippen LogP contribution >= 0.6 is 15.9 Å². The monoisotopic (exact) mass is 269 g/mol. The minimum atomic E-state index is 0.557. The van der Waals surface area contributed by atoms with Crippen molar-refractivity contribution in [2.45, 2.75) is 32.2 Å². The number of anilines is 1. The molecule has 1 fully saturated rings. The van der Waals surface area contributed by atoms with E-state index in [4.69, 9.17) is 0 Å². The molecule has 0 bridgehead atoms. The number of hydrogen-bond acceptors (Lipinski definition) is 3. The van der Waals surface area contributed by atoms with Gasteiger partial charge in [-0.2, -0.15) is 0 Å². The standard InChI is InChI=1S/C11H16BrN3/c1-9-7-13-11(14-8-9)15-5-3-2-4-10(15)6-12/h7-8,10H,2-6H2,1H3. The fraction of sp³-hybridized carbons (Fsp3) is 0.636. The Morgan fingerprint density at radius 3 is 2.80 bits per heavy atom. The van der Waals surface area contributed by atoms with E-state index in [1.54, 1.807) is 0 Å². The average molecular weight is 270 g/mol. The van der Waals surface area contributed by atoms with Crippen LogP contribution in [0.15, 0.2) is 12.4 Å². The molecule has 0 saturated carbocycles. The molecule has 0 aromatic carbocycles. The van der Waals surface area contributed by atoms with Gasteiger partial charge in [0.05, 0.1) is 0 Å². The Hall–Kier alpha value is -0.640. The first-order valence-electron chi connectivity index (χ1n) is 5.42. The van der Waals surface area contributed by atoms with Gasteiger partial charge in [-0.25, -0.2) is 9.97 Å². The van der Waals surface area contributed by atoms with E-state index in [1.165, 1.54) is 19.3 Å². The zero-order valence-corrected chi connectivity index (χ0v) is 10.6. The Morgan fingerprint density at radius 2 is 2.13 bits per heavy atom. The maximum absolute atomic E-state index is 4.39. The minimum Gasteiger partial charge on any atom is -0.337 e. The number of aromatic nitrogens is 2. The second-order valence-corrected chi connectivity index (χ2v) is 4.71. The van der Waals surface area contributed by atoms with Gasteiger partial charge in [-0.3, -0.25) is 0 Å². The number of alkyl halides is 1. The van der Waals surface area contributed by atoms with Crippen molar-refractivity contribution in [3.8, 4) is 0 Å². The number of piperidine rings is 1. The summed E-state index contributed by atoms with van der Waals surface area (Å²) in [5.74, 6) is 0.879. The minimum absolute atomic E-state index is 0.557. The van der Waals surface area contributed by atoms with Crippen molar-refractivity contribution >= 4 is 21.9 Å². The molecule has 1 aliphatic rings. The lowest BCUT2D eigenvalue weighted by Crippen LogP contribution is -2.41. The Morgan fingerprint density at radius 1 is 1.40 bits per heavy atom. The second kappa shape index (κ2) is 4.92. The molecule has 2 heterocycles. The van der Waals surface area contributed by atoms with E-state index in [-0.39, 0.29) is 0 Å². The van der Waals surface area contributed by atoms with Crippen molar-refractivity contribution in [1.29, 1.82) is 0 Å². The van der Waals surface area contributed by atoms with Gasteiger partial charge in [0.25, 0.3) is 0 Å². The molecular formula is C11H16BrN3. The topological polar surface area (TPSA) is 29.0 Å². The molecule has 0 amide bonds. The van der Waals surface area contributed by atoms with Crippen molar-refractivity contribution in [1.82, 2.24) is 9.97 Å². The molecule has 3 nitrogen and oxygen atoms in total. The summed E-state index contributed by atoms with van der Waals surface area (Å²) in [4.78, 5) is 11.1. The van der Waals surface area contributed by atoms with Gasteiger partial charge in [-0.15, -0.1) is 0 Å². The highest BCUT2D eigenvalue weighted by atomic mass is 79.9. The summed E-state index contributed by atoms with van der Waals surface area (Å²) >= 11 is 3.57. The summed E-state index contributed by atoms with van der Waals surface area (Å²) in [5, 5.41) is 1.00. The van der Waals surface area contributed by atoms with Gasteiger partial charge in [0.1, 0.15) is 0 Å². The predicted octanol–water partition coefficient (Wildman–Crippen LogP) is 2.54. The zero-order valence-electron chi connectivity index (χ0n) is 8.99. The number of aryl methyl sites for hydroxylation is 1. The van der Waals surface area contributed by atoms with E-state index in [9.17, 15) is 0 Å². The maximum Gasteiger partial charge on any atom is 0.225 e. The molecule has 82 valence electrons. The van der Waals surface area contributed by atoms with Crippen LogP contribution in [-0.2, 0) is 0 Å². The Balaban J connectivity index is 2.16. The van der Waals surface area contributed by atoms with Crippen LogP contribution in [0.4, 0.5) is 5.95 Å². The fourth-order valence-electron chi connectivity index (χ4n) is 1.96. The SMILES string of the molecule is Cc1cnc(N2CCCCC2CBr)nc1. The van der Waals surface area contributed by atoms with E-state index in [0.29, 0.717) is 6.04 Å². The number of rotatable bonds is 2. The normalized spacial score (nSPS) is 21.7. The number of halogens is 1. The van der Waals surface area contributed by atoms with Crippen molar-refractivity contribution in [3.63, 3.8) is 0 Å². The highest BCUT2D eigenvalue weighted by molar-refractivity contribution is 9.09. The Labute approximate surface area is 99.0 Å². The third-order valence-corrected chi connectivity index (χ3v) is 3.58. The van der Waals surface area contributed by atoms with Gasteiger partial charge >= 0.3 is 0 Å². The summed E-state index contributed by atoms with van der Waals surface area (Å²) in [7, 11) is 0. The highest BCUT2D eigenvalue weighted by Crippen LogP contribution is 2.22. The van der Waals surface area contributed by atoms with Gasteiger partial charge in [0.2, 0.25) is 5.95 Å². The summed E-state index contributed by atoms with van der Waals surface area (Å²) in [6.45, 7) is 3.10. The fourth-order valence-corrected chi connectivity index (χ4v) is 2.63. The van der Waals surface area contributed by atoms with Gasteiger partial charge in [0.15, 0.2) is 0 Å². The quantitative estimate of drug-likeness (QED) is 0.773. The van der Waals surface area contributed by atoms with Crippen molar-refractivity contribution in [3.05, 3.63) is 18.0 Å². The molecular weight excluding hydrogens is 254 g/mol. The van der Waals surface area contributed by atoms with Crippen LogP contribution in [0.2, 0.25) is 0 Å². The molecule has 0 N–H and O–H groups in total. The van der Waals surface area contributed by atoms with E-state index in [1.807, 2.05) is 19.3 Å². The first-order chi connectivity index (χ1) is 7.31. The van der Waals surface area contributed by atoms with Gasteiger partial charge in [0, 0.05) is 30.3 Å². The zero-order chi connectivity index (χ0) is 10.7. The van der Waals surface area contributed by atoms with Gasteiger partial charge in [-0.05, 0) is 31.7 Å². The first kappa shape index (κ1) is 10.9. The third-order valence-electron chi connectivity index (χ3n) is 2.83. The lowest BCUT2D eigenvalue weighted by atomic mass is 10.0. The van der Waals surface area contributed by atoms with Gasteiger partial charge in [-0.1, -0.05) is 15.9 Å². The molecule has 15 heavy (non-hydrogen) atoms. The van der Waals surface area contributed by atoms with Gasteiger partial charge < -0.3 is 4.90 Å². The maximum atomic E-state index is 4.39. The number of nitrogens with zero attached hydrogens (tertiary/aromatic N) is 3. The van der Waals surface area contributed by atoms with Crippen molar-refractivity contribution < 1.29 is 0 Å². The van der Waals surface area contributed by atoms with E-state index < -0.39 is 0 Å². The Bertz CT molecular complexity index is 312. The van der Waals surface area contributed by atoms with E-state index in [2.05, 4.69) is 30.8 Å². The lowest BCUT2D eigenvalue weighted by Gasteiger charge is -2.34. The molecule has 1 unspecified atom stereocenters. The first-order valence-corrected chi connectivity index (χ1v) is 6.54. The largest absolute Gasteiger partial charge is 0.337 e. The smallest absolute Gasteiger partial charge is 0.225 e. The molecule has 1 aromatic heterocycles. The number of hydrogen-bond donors (Lipinski definition) is 0. The molecule has 1 aromatic rings. The van der Waals surface area contributed by atoms with E-state index in [0.717, 1.165) is 23.4 Å². The molecule has 1 saturated heterocycles. The predicted molar refractivity (Wildman–Crippen MR) is 65.5 cm³/mol. The molecule has 0 spiro atoms. The third kappa shape index (κ3) is 2.48.